The maximum absolute atomic E-state index is 8.31. The summed E-state index contributed by atoms with van der Waals surface area (Å²) in [7, 11) is -4.51. The summed E-state index contributed by atoms with van der Waals surface area (Å²) in [5, 5.41) is 0. The average molecular weight is 180 g/mol. The molecule has 0 aromatic carbocycles. The highest BCUT2D eigenvalue weighted by molar-refractivity contribution is 6.48. The highest BCUT2D eigenvalue weighted by Gasteiger charge is 2.33. The van der Waals surface area contributed by atoms with Gasteiger partial charge in [0.1, 0.15) is 6.10 Å². The van der Waals surface area contributed by atoms with E-state index in [1.54, 1.807) is 26.0 Å². The van der Waals surface area contributed by atoms with Crippen molar-refractivity contribution in [2.24, 2.45) is 0 Å². The van der Waals surface area contributed by atoms with Crippen molar-refractivity contribution in [3.05, 3.63) is 12.2 Å². The zero-order valence-corrected chi connectivity index (χ0v) is 7.39. The maximum Gasteiger partial charge on any atom is 0.699 e. The largest absolute Gasteiger partial charge is 0.699 e. The Balaban J connectivity index is 3.54. The van der Waals surface area contributed by atoms with Gasteiger partial charge in [0.2, 0.25) is 0 Å². The predicted octanol–water partition coefficient (Wildman–Crippen LogP) is -0.688. The molecule has 0 saturated heterocycles. The van der Waals surface area contributed by atoms with Crippen LogP contribution in [-0.4, -0.2) is 29.5 Å². The van der Waals surface area contributed by atoms with Crippen LogP contribution in [0.4, 0.5) is 0 Å². The number of allylic oxidation sites excluding steroid dienone is 1. The van der Waals surface area contributed by atoms with Crippen LogP contribution in [0.3, 0.4) is 0 Å². The molecule has 0 bridgehead atoms. The van der Waals surface area contributed by atoms with Gasteiger partial charge in [-0.05, 0) is 13.8 Å². The molecular formula is C5H12O5Si. The molecule has 0 heterocycles. The highest BCUT2D eigenvalue weighted by atomic mass is 28.4. The Labute approximate surface area is 65.9 Å². The monoisotopic (exact) mass is 180 g/mol. The molecule has 0 fully saturated rings. The minimum atomic E-state index is -4.51. The number of rotatable bonds is 4. The molecule has 1 atom stereocenters. The van der Waals surface area contributed by atoms with Crippen LogP contribution in [0.15, 0.2) is 12.2 Å². The van der Waals surface area contributed by atoms with Gasteiger partial charge in [0.05, 0.1) is 0 Å². The maximum atomic E-state index is 8.31. The Morgan fingerprint density at radius 2 is 1.91 bits per heavy atom. The zero-order chi connectivity index (χ0) is 8.91. The van der Waals surface area contributed by atoms with Crippen molar-refractivity contribution in [2.45, 2.75) is 20.0 Å². The summed E-state index contributed by atoms with van der Waals surface area (Å²) in [6, 6.07) is 0. The van der Waals surface area contributed by atoms with E-state index in [-0.39, 0.29) is 0 Å². The third-order valence-electron chi connectivity index (χ3n) is 0.775. The molecule has 0 spiro atoms. The first kappa shape index (κ1) is 10.8. The lowest BCUT2D eigenvalue weighted by Crippen LogP contribution is -2.39. The minimum Gasteiger partial charge on any atom is -0.366 e. The van der Waals surface area contributed by atoms with E-state index in [0.717, 1.165) is 0 Å². The van der Waals surface area contributed by atoms with Crippen LogP contribution in [0, 0.1) is 0 Å². The van der Waals surface area contributed by atoms with Crippen molar-refractivity contribution < 1.29 is 23.9 Å². The molecule has 5 nitrogen and oxygen atoms in total. The Kier molecular flexibility index (Phi) is 4.50. The topological polar surface area (TPSA) is 79.2 Å². The van der Waals surface area contributed by atoms with Crippen LogP contribution in [0.25, 0.3) is 0 Å². The normalized spacial score (nSPS) is 15.7. The smallest absolute Gasteiger partial charge is 0.366 e. The van der Waals surface area contributed by atoms with Gasteiger partial charge >= 0.3 is 9.05 Å². The van der Waals surface area contributed by atoms with E-state index in [1.807, 2.05) is 0 Å². The van der Waals surface area contributed by atoms with Crippen molar-refractivity contribution >= 4 is 9.05 Å². The molecular weight excluding hydrogens is 168 g/mol. The van der Waals surface area contributed by atoms with E-state index in [9.17, 15) is 0 Å². The number of hydrogen-bond donors (Lipinski definition) is 3. The molecule has 0 radical (unpaired) electrons. The SMILES string of the molecule is CC=CC(C)OO[Si](O)(O)O. The quantitative estimate of drug-likeness (QED) is 0.231. The van der Waals surface area contributed by atoms with Crippen molar-refractivity contribution in [3.8, 4) is 0 Å². The minimum absolute atomic E-state index is 0.418. The van der Waals surface area contributed by atoms with Crippen LogP contribution < -0.4 is 0 Å². The molecule has 1 unspecified atom stereocenters. The molecule has 0 rings (SSSR count). The summed E-state index contributed by atoms with van der Waals surface area (Å²) >= 11 is 0. The first-order chi connectivity index (χ1) is 4.95. The van der Waals surface area contributed by atoms with Gasteiger partial charge in [0, 0.05) is 0 Å². The molecule has 0 aliphatic heterocycles. The fourth-order valence-electron chi connectivity index (χ4n) is 0.444. The summed E-state index contributed by atoms with van der Waals surface area (Å²) < 4.78 is 3.90. The Hall–Kier alpha value is -0.243. The second kappa shape index (κ2) is 4.60. The summed E-state index contributed by atoms with van der Waals surface area (Å²) in [6.07, 6.45) is 2.92. The van der Waals surface area contributed by atoms with Crippen LogP contribution in [0.2, 0.25) is 0 Å². The lowest BCUT2D eigenvalue weighted by Gasteiger charge is -2.11. The summed E-state index contributed by atoms with van der Waals surface area (Å²) in [6.45, 7) is 3.40. The third-order valence-corrected chi connectivity index (χ3v) is 1.09. The van der Waals surface area contributed by atoms with Crippen LogP contribution >= 0.6 is 0 Å². The van der Waals surface area contributed by atoms with Gasteiger partial charge < -0.3 is 14.4 Å². The Morgan fingerprint density at radius 3 is 2.27 bits per heavy atom. The number of hydrogen-bond acceptors (Lipinski definition) is 5. The molecule has 11 heavy (non-hydrogen) atoms. The highest BCUT2D eigenvalue weighted by Crippen LogP contribution is 1.97. The fraction of sp³-hybridized carbons (Fsp3) is 0.600. The van der Waals surface area contributed by atoms with Crippen molar-refractivity contribution in [1.29, 1.82) is 0 Å². The van der Waals surface area contributed by atoms with Crippen LogP contribution in [0.5, 0.6) is 0 Å². The van der Waals surface area contributed by atoms with E-state index >= 15 is 0 Å². The molecule has 0 aromatic heterocycles. The van der Waals surface area contributed by atoms with Crippen LogP contribution in [-0.2, 0) is 9.46 Å². The molecule has 0 aromatic rings. The van der Waals surface area contributed by atoms with Gasteiger partial charge in [-0.15, -0.1) is 0 Å². The van der Waals surface area contributed by atoms with Gasteiger partial charge in [-0.3, -0.25) is 0 Å². The lowest BCUT2D eigenvalue weighted by atomic mass is 10.4. The van der Waals surface area contributed by atoms with E-state index < -0.39 is 15.2 Å². The van der Waals surface area contributed by atoms with Crippen LogP contribution in [0.1, 0.15) is 13.8 Å². The Morgan fingerprint density at radius 1 is 1.36 bits per heavy atom. The van der Waals surface area contributed by atoms with Gasteiger partial charge in [-0.1, -0.05) is 12.2 Å². The first-order valence-corrected chi connectivity index (χ1v) is 4.85. The molecule has 0 amide bonds. The predicted molar refractivity (Wildman–Crippen MR) is 38.9 cm³/mol. The summed E-state index contributed by atoms with van der Waals surface area (Å²) in [5.74, 6) is 0. The average Bonchev–Trinajstić information content (AvgIpc) is 1.83. The first-order valence-electron chi connectivity index (χ1n) is 3.10. The molecule has 66 valence electrons. The molecule has 0 saturated carbocycles. The van der Waals surface area contributed by atoms with Gasteiger partial charge in [-0.2, -0.15) is 4.58 Å². The summed E-state index contributed by atoms with van der Waals surface area (Å²) in [4.78, 5) is 29.3. The Bertz CT molecular complexity index is 129. The van der Waals surface area contributed by atoms with E-state index in [4.69, 9.17) is 14.4 Å². The fourth-order valence-corrected chi connectivity index (χ4v) is 0.724. The van der Waals surface area contributed by atoms with Crippen molar-refractivity contribution in [2.75, 3.05) is 0 Å². The molecule has 0 aliphatic rings. The summed E-state index contributed by atoms with van der Waals surface area (Å²) in [5.41, 5.74) is 0. The van der Waals surface area contributed by atoms with E-state index in [2.05, 4.69) is 9.46 Å². The van der Waals surface area contributed by atoms with E-state index in [0.29, 0.717) is 0 Å². The lowest BCUT2D eigenvalue weighted by molar-refractivity contribution is -0.277. The molecule has 3 N–H and O–H groups in total. The van der Waals surface area contributed by atoms with Gasteiger partial charge in [0.25, 0.3) is 0 Å². The third kappa shape index (κ3) is 7.66. The zero-order valence-electron chi connectivity index (χ0n) is 6.39. The van der Waals surface area contributed by atoms with E-state index in [1.165, 1.54) is 0 Å². The van der Waals surface area contributed by atoms with Gasteiger partial charge in [-0.25, -0.2) is 4.89 Å². The molecule has 6 heteroatoms. The van der Waals surface area contributed by atoms with Gasteiger partial charge in [0.15, 0.2) is 0 Å². The second-order valence-electron chi connectivity index (χ2n) is 1.98. The van der Waals surface area contributed by atoms with Crippen molar-refractivity contribution in [1.82, 2.24) is 0 Å². The van der Waals surface area contributed by atoms with Crippen molar-refractivity contribution in [3.63, 3.8) is 0 Å². The second-order valence-corrected chi connectivity index (χ2v) is 3.30. The molecule has 0 aliphatic carbocycles. The standard InChI is InChI=1S/C5H12O5Si/c1-3-4-5(2)9-10-11(6,7)8/h3-8H,1-2H3.